The molecule has 2 rings (SSSR count). The largest absolute Gasteiger partial charge is 0.378 e. The predicted molar refractivity (Wildman–Crippen MR) is 93.5 cm³/mol. The van der Waals surface area contributed by atoms with Crippen LogP contribution in [-0.4, -0.2) is 19.3 Å². The maximum atomic E-state index is 5.67. The highest BCUT2D eigenvalue weighted by molar-refractivity contribution is 9.13. The maximum Gasteiger partial charge on any atom is 0.0843 e. The summed E-state index contributed by atoms with van der Waals surface area (Å²) in [7, 11) is 0. The van der Waals surface area contributed by atoms with Gasteiger partial charge in [-0.05, 0) is 83.0 Å². The highest BCUT2D eigenvalue weighted by atomic mass is 79.9. The first kappa shape index (κ1) is 16.9. The van der Waals surface area contributed by atoms with Crippen molar-refractivity contribution in [3.05, 3.63) is 19.2 Å². The minimum atomic E-state index is 0.482. The molecule has 1 aromatic heterocycles. The summed E-state index contributed by atoms with van der Waals surface area (Å²) in [6.07, 6.45) is 5.37. The van der Waals surface area contributed by atoms with Crippen LogP contribution in [0.25, 0.3) is 0 Å². The molecule has 1 unspecified atom stereocenters. The van der Waals surface area contributed by atoms with E-state index in [1.165, 1.54) is 38.8 Å². The quantitative estimate of drug-likeness (QED) is 0.593. The van der Waals surface area contributed by atoms with E-state index >= 15 is 0 Å². The van der Waals surface area contributed by atoms with E-state index in [0.717, 1.165) is 19.1 Å². The first-order chi connectivity index (χ1) is 9.63. The van der Waals surface area contributed by atoms with Crippen LogP contribution in [-0.2, 0) is 4.74 Å². The molecule has 0 amide bonds. The zero-order valence-electron chi connectivity index (χ0n) is 12.1. The highest BCUT2D eigenvalue weighted by Crippen LogP contribution is 2.41. The zero-order chi connectivity index (χ0) is 14.5. The van der Waals surface area contributed by atoms with Crippen molar-refractivity contribution in [1.29, 1.82) is 0 Å². The molecule has 1 aromatic rings. The van der Waals surface area contributed by atoms with E-state index in [9.17, 15) is 0 Å². The Labute approximate surface area is 142 Å². The highest BCUT2D eigenvalue weighted by Gasteiger charge is 2.32. The molecule has 1 aliphatic carbocycles. The summed E-state index contributed by atoms with van der Waals surface area (Å²) in [4.78, 5) is 1.43. The Morgan fingerprint density at radius 1 is 1.40 bits per heavy atom. The second-order valence-corrected chi connectivity index (χ2v) is 8.68. The van der Waals surface area contributed by atoms with Gasteiger partial charge in [0.1, 0.15) is 0 Å². The van der Waals surface area contributed by atoms with Crippen molar-refractivity contribution in [2.24, 2.45) is 5.92 Å². The second-order valence-electron chi connectivity index (χ2n) is 5.43. The lowest BCUT2D eigenvalue weighted by Crippen LogP contribution is -2.34. The SMILES string of the molecule is CCCNC(CC1CC(OCC)C1)c1cc(Br)c(Br)s1. The summed E-state index contributed by atoms with van der Waals surface area (Å²) < 4.78 is 8.03. The molecule has 0 aliphatic heterocycles. The Balaban J connectivity index is 1.91. The summed E-state index contributed by atoms with van der Waals surface area (Å²) in [6.45, 7) is 6.23. The first-order valence-corrected chi connectivity index (χ1v) is 9.84. The molecule has 1 fully saturated rings. The van der Waals surface area contributed by atoms with Crippen LogP contribution in [0.4, 0.5) is 0 Å². The summed E-state index contributed by atoms with van der Waals surface area (Å²) in [6, 6.07) is 2.73. The molecule has 1 aliphatic rings. The van der Waals surface area contributed by atoms with Crippen molar-refractivity contribution in [2.75, 3.05) is 13.2 Å². The van der Waals surface area contributed by atoms with Crippen LogP contribution >= 0.6 is 43.2 Å². The first-order valence-electron chi connectivity index (χ1n) is 7.43. The number of hydrogen-bond acceptors (Lipinski definition) is 3. The average Bonchev–Trinajstić information content (AvgIpc) is 2.71. The van der Waals surface area contributed by atoms with Gasteiger partial charge in [-0.3, -0.25) is 0 Å². The van der Waals surface area contributed by atoms with E-state index in [0.29, 0.717) is 12.1 Å². The molecule has 0 aromatic carbocycles. The molecule has 1 N–H and O–H groups in total. The van der Waals surface area contributed by atoms with Crippen LogP contribution in [0.5, 0.6) is 0 Å². The minimum absolute atomic E-state index is 0.482. The molecule has 1 atom stereocenters. The fraction of sp³-hybridized carbons (Fsp3) is 0.733. The third-order valence-corrected chi connectivity index (χ3v) is 7.18. The van der Waals surface area contributed by atoms with Crippen molar-refractivity contribution in [1.82, 2.24) is 5.32 Å². The van der Waals surface area contributed by atoms with Crippen molar-refractivity contribution < 1.29 is 4.74 Å². The van der Waals surface area contributed by atoms with Gasteiger partial charge >= 0.3 is 0 Å². The van der Waals surface area contributed by atoms with Gasteiger partial charge in [0.15, 0.2) is 0 Å². The number of nitrogens with one attached hydrogen (secondary N) is 1. The Morgan fingerprint density at radius 3 is 2.70 bits per heavy atom. The summed E-state index contributed by atoms with van der Waals surface area (Å²) in [5.74, 6) is 0.806. The van der Waals surface area contributed by atoms with E-state index in [-0.39, 0.29) is 0 Å². The standard InChI is InChI=1S/C15H23Br2NOS/c1-3-5-18-13(14-9-12(16)15(17)20-14)8-10-6-11(7-10)19-4-2/h9-11,13,18H,3-8H2,1-2H3. The van der Waals surface area contributed by atoms with Crippen LogP contribution in [0.2, 0.25) is 0 Å². The lowest BCUT2D eigenvalue weighted by atomic mass is 9.78. The third kappa shape index (κ3) is 4.54. The van der Waals surface area contributed by atoms with Crippen LogP contribution in [0, 0.1) is 5.92 Å². The van der Waals surface area contributed by atoms with E-state index < -0.39 is 0 Å². The summed E-state index contributed by atoms with van der Waals surface area (Å²) in [5.41, 5.74) is 0. The van der Waals surface area contributed by atoms with Gasteiger partial charge in [-0.25, -0.2) is 0 Å². The molecule has 1 saturated carbocycles. The van der Waals surface area contributed by atoms with Gasteiger partial charge in [0.05, 0.1) is 9.89 Å². The minimum Gasteiger partial charge on any atom is -0.378 e. The Hall–Kier alpha value is 0.580. The summed E-state index contributed by atoms with van der Waals surface area (Å²) in [5, 5.41) is 3.70. The fourth-order valence-corrected chi connectivity index (χ4v) is 4.90. The molecule has 1 heterocycles. The Bertz CT molecular complexity index is 399. The number of hydrogen-bond donors (Lipinski definition) is 1. The normalized spacial score (nSPS) is 23.6. The topological polar surface area (TPSA) is 21.3 Å². The molecule has 0 radical (unpaired) electrons. The second kappa shape index (κ2) is 8.28. The average molecular weight is 425 g/mol. The molecule has 0 bridgehead atoms. The van der Waals surface area contributed by atoms with E-state index in [1.807, 2.05) is 11.3 Å². The molecule has 114 valence electrons. The van der Waals surface area contributed by atoms with Gasteiger partial charge in [0.25, 0.3) is 0 Å². The van der Waals surface area contributed by atoms with Gasteiger partial charge in [-0.15, -0.1) is 11.3 Å². The third-order valence-electron chi connectivity index (χ3n) is 3.81. The fourth-order valence-electron chi connectivity index (χ4n) is 2.73. The van der Waals surface area contributed by atoms with Gasteiger partial charge in [-0.1, -0.05) is 6.92 Å². The van der Waals surface area contributed by atoms with Crippen LogP contribution in [0.15, 0.2) is 14.3 Å². The number of halogens is 2. The van der Waals surface area contributed by atoms with Crippen LogP contribution in [0.1, 0.15) is 50.4 Å². The Morgan fingerprint density at radius 2 is 2.15 bits per heavy atom. The van der Waals surface area contributed by atoms with Crippen molar-refractivity contribution in [2.45, 2.75) is 51.7 Å². The maximum absolute atomic E-state index is 5.67. The molecule has 0 saturated heterocycles. The van der Waals surface area contributed by atoms with Crippen molar-refractivity contribution >= 4 is 43.2 Å². The summed E-state index contributed by atoms with van der Waals surface area (Å²) >= 11 is 9.04. The number of rotatable bonds is 8. The monoisotopic (exact) mass is 423 g/mol. The Kier molecular flexibility index (Phi) is 7.01. The van der Waals surface area contributed by atoms with E-state index in [4.69, 9.17) is 4.74 Å². The van der Waals surface area contributed by atoms with Crippen LogP contribution in [0.3, 0.4) is 0 Å². The number of ether oxygens (including phenoxy) is 1. The van der Waals surface area contributed by atoms with Gasteiger partial charge in [0, 0.05) is 22.0 Å². The predicted octanol–water partition coefficient (Wildman–Crippen LogP) is 5.52. The van der Waals surface area contributed by atoms with Gasteiger partial charge in [0.2, 0.25) is 0 Å². The molecular formula is C15H23Br2NOS. The van der Waals surface area contributed by atoms with E-state index in [1.54, 1.807) is 0 Å². The molecule has 0 spiro atoms. The smallest absolute Gasteiger partial charge is 0.0843 e. The zero-order valence-corrected chi connectivity index (χ0v) is 16.1. The van der Waals surface area contributed by atoms with Gasteiger partial charge < -0.3 is 10.1 Å². The molecule has 5 heteroatoms. The molecular weight excluding hydrogens is 402 g/mol. The lowest BCUT2D eigenvalue weighted by Gasteiger charge is -2.37. The number of thiophene rings is 1. The van der Waals surface area contributed by atoms with Crippen LogP contribution < -0.4 is 5.32 Å². The van der Waals surface area contributed by atoms with E-state index in [2.05, 4.69) is 57.1 Å². The van der Waals surface area contributed by atoms with Crippen molar-refractivity contribution in [3.63, 3.8) is 0 Å². The molecule has 2 nitrogen and oxygen atoms in total. The van der Waals surface area contributed by atoms with Crippen molar-refractivity contribution in [3.8, 4) is 0 Å². The molecule has 20 heavy (non-hydrogen) atoms. The lowest BCUT2D eigenvalue weighted by molar-refractivity contribution is -0.0290. The van der Waals surface area contributed by atoms with Gasteiger partial charge in [-0.2, -0.15) is 0 Å².